The van der Waals surface area contributed by atoms with Crippen LogP contribution in [0, 0.1) is 5.41 Å². The van der Waals surface area contributed by atoms with E-state index in [1.165, 1.54) is 19.4 Å². The average Bonchev–Trinajstić information content (AvgIpc) is 2.11. The molecule has 0 radical (unpaired) electrons. The molecule has 0 aromatic rings. The van der Waals surface area contributed by atoms with Crippen molar-refractivity contribution >= 4 is 17.2 Å². The van der Waals surface area contributed by atoms with Crippen molar-refractivity contribution in [1.82, 2.24) is 4.90 Å². The number of unbranched alkanes of at least 4 members (excludes halogenated alkanes) is 1. The summed E-state index contributed by atoms with van der Waals surface area (Å²) in [6.07, 6.45) is 3.57. The zero-order chi connectivity index (χ0) is 11.2. The highest BCUT2D eigenvalue weighted by molar-refractivity contribution is 7.80. The van der Waals surface area contributed by atoms with E-state index in [2.05, 4.69) is 32.7 Å². The molecule has 0 spiro atoms. The molecule has 0 atom stereocenters. The number of nitrogens with two attached hydrogens (primary N) is 1. The van der Waals surface area contributed by atoms with Crippen LogP contribution in [-0.4, -0.2) is 30.0 Å². The third-order valence-corrected chi connectivity index (χ3v) is 3.23. The highest BCUT2D eigenvalue weighted by Crippen LogP contribution is 2.20. The van der Waals surface area contributed by atoms with Crippen molar-refractivity contribution < 1.29 is 0 Å². The van der Waals surface area contributed by atoms with Crippen LogP contribution in [0.5, 0.6) is 0 Å². The lowest BCUT2D eigenvalue weighted by Crippen LogP contribution is -2.34. The number of rotatable bonds is 7. The molecule has 14 heavy (non-hydrogen) atoms. The Kier molecular flexibility index (Phi) is 6.29. The normalized spacial score (nSPS) is 12.1. The maximum Gasteiger partial charge on any atom is 0.0784 e. The maximum atomic E-state index is 5.67. The predicted molar refractivity (Wildman–Crippen MR) is 67.6 cm³/mol. The van der Waals surface area contributed by atoms with Crippen LogP contribution in [0.1, 0.15) is 40.0 Å². The van der Waals surface area contributed by atoms with Crippen molar-refractivity contribution in [2.45, 2.75) is 40.0 Å². The summed E-state index contributed by atoms with van der Waals surface area (Å²) >= 11 is 5.03. The van der Waals surface area contributed by atoms with Crippen LogP contribution in [-0.2, 0) is 0 Å². The first-order chi connectivity index (χ1) is 6.40. The van der Waals surface area contributed by atoms with Gasteiger partial charge in [0.25, 0.3) is 0 Å². The van der Waals surface area contributed by atoms with Crippen molar-refractivity contribution in [3.8, 4) is 0 Å². The summed E-state index contributed by atoms with van der Waals surface area (Å²) in [6, 6.07) is 0. The maximum absolute atomic E-state index is 5.67. The van der Waals surface area contributed by atoms with Crippen molar-refractivity contribution in [1.29, 1.82) is 0 Å². The molecule has 0 aliphatic rings. The Morgan fingerprint density at radius 1 is 1.36 bits per heavy atom. The molecule has 0 bridgehead atoms. The van der Waals surface area contributed by atoms with Gasteiger partial charge in [-0.25, -0.2) is 0 Å². The van der Waals surface area contributed by atoms with Crippen LogP contribution in [0.2, 0.25) is 0 Å². The van der Waals surface area contributed by atoms with Crippen LogP contribution >= 0.6 is 12.2 Å². The van der Waals surface area contributed by atoms with Gasteiger partial charge >= 0.3 is 0 Å². The van der Waals surface area contributed by atoms with E-state index < -0.39 is 0 Å². The van der Waals surface area contributed by atoms with Crippen molar-refractivity contribution in [2.75, 3.05) is 20.1 Å². The summed E-state index contributed by atoms with van der Waals surface area (Å²) in [5.41, 5.74) is 5.67. The van der Waals surface area contributed by atoms with Gasteiger partial charge in [0.05, 0.1) is 4.99 Å². The van der Waals surface area contributed by atoms with Gasteiger partial charge in [-0.05, 0) is 33.0 Å². The predicted octanol–water partition coefficient (Wildman–Crippen LogP) is 2.42. The molecule has 84 valence electrons. The van der Waals surface area contributed by atoms with Crippen LogP contribution in [0.4, 0.5) is 0 Å². The zero-order valence-corrected chi connectivity index (χ0v) is 10.8. The summed E-state index contributed by atoms with van der Waals surface area (Å²) in [7, 11) is 2.16. The van der Waals surface area contributed by atoms with Crippen molar-refractivity contribution in [3.05, 3.63) is 0 Å². The van der Waals surface area contributed by atoms with Crippen molar-refractivity contribution in [2.24, 2.45) is 11.1 Å². The summed E-state index contributed by atoms with van der Waals surface area (Å²) in [5.74, 6) is 0. The molecule has 0 aromatic heterocycles. The van der Waals surface area contributed by atoms with Crippen LogP contribution in [0.3, 0.4) is 0 Å². The molecule has 0 heterocycles. The quantitative estimate of drug-likeness (QED) is 0.663. The van der Waals surface area contributed by atoms with Gasteiger partial charge < -0.3 is 10.6 Å². The molecule has 0 fully saturated rings. The fourth-order valence-electron chi connectivity index (χ4n) is 1.13. The van der Waals surface area contributed by atoms with E-state index in [1.807, 2.05) is 0 Å². The molecule has 0 saturated heterocycles. The number of hydrogen-bond acceptors (Lipinski definition) is 2. The number of thiocarbonyl (C=S) groups is 1. The molecule has 0 saturated carbocycles. The van der Waals surface area contributed by atoms with E-state index in [0.717, 1.165) is 13.0 Å². The minimum atomic E-state index is -0.00416. The zero-order valence-electron chi connectivity index (χ0n) is 9.97. The first-order valence-electron chi connectivity index (χ1n) is 5.38. The van der Waals surface area contributed by atoms with Crippen LogP contribution in [0.15, 0.2) is 0 Å². The number of hydrogen-bond donors (Lipinski definition) is 1. The Labute approximate surface area is 93.8 Å². The number of nitrogens with zero attached hydrogens (tertiary/aromatic N) is 1. The second-order valence-corrected chi connectivity index (χ2v) is 5.09. The smallest absolute Gasteiger partial charge is 0.0784 e. The van der Waals surface area contributed by atoms with E-state index in [0.29, 0.717) is 4.99 Å². The minimum absolute atomic E-state index is 0.00416. The monoisotopic (exact) mass is 216 g/mol. The SMILES string of the molecule is CCCCN(C)CCC(C)(C)C(N)=S. The lowest BCUT2D eigenvalue weighted by atomic mass is 9.89. The Morgan fingerprint density at radius 3 is 2.36 bits per heavy atom. The largest absolute Gasteiger partial charge is 0.393 e. The van der Waals surface area contributed by atoms with Gasteiger partial charge in [-0.3, -0.25) is 0 Å². The molecule has 2 N–H and O–H groups in total. The molecule has 0 aliphatic carbocycles. The highest BCUT2D eigenvalue weighted by Gasteiger charge is 2.21. The van der Waals surface area contributed by atoms with Gasteiger partial charge in [0.1, 0.15) is 0 Å². The summed E-state index contributed by atoms with van der Waals surface area (Å²) < 4.78 is 0. The minimum Gasteiger partial charge on any atom is -0.393 e. The van der Waals surface area contributed by atoms with Gasteiger partial charge in [0.2, 0.25) is 0 Å². The molecule has 0 amide bonds. The van der Waals surface area contributed by atoms with Gasteiger partial charge in [0, 0.05) is 5.41 Å². The molecule has 3 heteroatoms. The lowest BCUT2D eigenvalue weighted by molar-refractivity contribution is 0.288. The van der Waals surface area contributed by atoms with Crippen molar-refractivity contribution in [3.63, 3.8) is 0 Å². The Balaban J connectivity index is 3.75. The summed E-state index contributed by atoms with van der Waals surface area (Å²) in [5, 5.41) is 0. The first-order valence-corrected chi connectivity index (χ1v) is 5.79. The molecule has 0 aliphatic heterocycles. The average molecular weight is 216 g/mol. The fraction of sp³-hybridized carbons (Fsp3) is 0.909. The third kappa shape index (κ3) is 5.55. The molecule has 2 nitrogen and oxygen atoms in total. The lowest BCUT2D eigenvalue weighted by Gasteiger charge is -2.26. The Hall–Kier alpha value is -0.150. The van der Waals surface area contributed by atoms with Crippen LogP contribution < -0.4 is 5.73 Å². The fourth-order valence-corrected chi connectivity index (χ4v) is 1.24. The molecule has 0 aromatic carbocycles. The van der Waals surface area contributed by atoms with E-state index in [4.69, 9.17) is 18.0 Å². The van der Waals surface area contributed by atoms with Gasteiger partial charge in [-0.15, -0.1) is 0 Å². The molecular weight excluding hydrogens is 192 g/mol. The second-order valence-electron chi connectivity index (χ2n) is 4.65. The van der Waals surface area contributed by atoms with Crippen LogP contribution in [0.25, 0.3) is 0 Å². The van der Waals surface area contributed by atoms with E-state index >= 15 is 0 Å². The molecular formula is C11H24N2S. The Bertz CT molecular complexity index is 178. The van der Waals surface area contributed by atoms with E-state index in [-0.39, 0.29) is 5.41 Å². The third-order valence-electron chi connectivity index (χ3n) is 2.68. The summed E-state index contributed by atoms with van der Waals surface area (Å²) in [6.45, 7) is 8.69. The summed E-state index contributed by atoms with van der Waals surface area (Å²) in [4.78, 5) is 2.98. The van der Waals surface area contributed by atoms with Gasteiger partial charge in [-0.2, -0.15) is 0 Å². The van der Waals surface area contributed by atoms with Gasteiger partial charge in [-0.1, -0.05) is 39.4 Å². The first kappa shape index (κ1) is 13.8. The highest BCUT2D eigenvalue weighted by atomic mass is 32.1. The van der Waals surface area contributed by atoms with Gasteiger partial charge in [0.15, 0.2) is 0 Å². The second kappa shape index (κ2) is 6.36. The Morgan fingerprint density at radius 2 is 1.93 bits per heavy atom. The standard InChI is InChI=1S/C11H24N2S/c1-5-6-8-13(4)9-7-11(2,3)10(12)14/h5-9H2,1-4H3,(H2,12,14). The van der Waals surface area contributed by atoms with E-state index in [9.17, 15) is 0 Å². The molecule has 0 unspecified atom stereocenters. The van der Waals surface area contributed by atoms with E-state index in [1.54, 1.807) is 0 Å². The topological polar surface area (TPSA) is 29.3 Å². The molecule has 0 rings (SSSR count).